The van der Waals surface area contributed by atoms with E-state index in [0.717, 1.165) is 27.6 Å². The molecule has 21 heavy (non-hydrogen) atoms. The van der Waals surface area contributed by atoms with Crippen molar-refractivity contribution in [3.8, 4) is 0 Å². The van der Waals surface area contributed by atoms with E-state index in [1.165, 1.54) is 16.2 Å². The zero-order chi connectivity index (χ0) is 13.1. The van der Waals surface area contributed by atoms with Gasteiger partial charge in [0.2, 0.25) is 0 Å². The number of hydrogen-bond donors (Lipinski definition) is 2. The van der Waals surface area contributed by atoms with E-state index in [4.69, 9.17) is 0 Å². The molecule has 0 amide bonds. The van der Waals surface area contributed by atoms with Crippen molar-refractivity contribution in [3.63, 3.8) is 0 Å². The second-order valence-corrected chi connectivity index (χ2v) is 5.11. The van der Waals surface area contributed by atoms with Crippen LogP contribution < -0.4 is 0 Å². The number of fused-ring (bicyclic) bond motifs is 7. The van der Waals surface area contributed by atoms with Gasteiger partial charge in [0, 0.05) is 27.2 Å². The Balaban J connectivity index is 0.00000115. The van der Waals surface area contributed by atoms with E-state index >= 15 is 0 Å². The van der Waals surface area contributed by atoms with Crippen molar-refractivity contribution in [2.24, 2.45) is 0 Å². The average molecular weight is 294 g/mol. The van der Waals surface area contributed by atoms with Crippen LogP contribution in [0.25, 0.3) is 43.7 Å². The van der Waals surface area contributed by atoms with Crippen molar-refractivity contribution >= 4 is 56.1 Å². The third-order valence-electron chi connectivity index (χ3n) is 3.99. The van der Waals surface area contributed by atoms with Crippen LogP contribution in [0.1, 0.15) is 0 Å². The molecule has 0 aliphatic rings. The quantitative estimate of drug-likeness (QED) is 0.424. The summed E-state index contributed by atoms with van der Waals surface area (Å²) in [6.45, 7) is 0. The van der Waals surface area contributed by atoms with Crippen LogP contribution in [0.4, 0.5) is 0 Å². The Morgan fingerprint density at radius 3 is 2.19 bits per heavy atom. The average Bonchev–Trinajstić information content (AvgIpc) is 3.04. The lowest BCUT2D eigenvalue weighted by molar-refractivity contribution is 1.42. The second kappa shape index (κ2) is 4.24. The number of para-hydroxylation sites is 2. The van der Waals surface area contributed by atoms with Crippen molar-refractivity contribution in [3.05, 3.63) is 54.7 Å². The molecule has 5 aromatic rings. The molecule has 102 valence electrons. The number of halogens is 1. The van der Waals surface area contributed by atoms with Gasteiger partial charge in [-0.3, -0.25) is 4.98 Å². The molecule has 2 N–H and O–H groups in total. The number of nitrogens with zero attached hydrogens (tertiary/aromatic N) is 1. The lowest BCUT2D eigenvalue weighted by atomic mass is 10.1. The van der Waals surface area contributed by atoms with Gasteiger partial charge in [-0.2, -0.15) is 0 Å². The summed E-state index contributed by atoms with van der Waals surface area (Å²) in [5.41, 5.74) is 5.51. The van der Waals surface area contributed by atoms with E-state index in [2.05, 4.69) is 51.4 Å². The zero-order valence-electron chi connectivity index (χ0n) is 11.1. The highest BCUT2D eigenvalue weighted by atomic mass is 35.5. The molecule has 0 aliphatic heterocycles. The third kappa shape index (κ3) is 1.52. The van der Waals surface area contributed by atoms with E-state index in [9.17, 15) is 0 Å². The Bertz CT molecular complexity index is 1100. The van der Waals surface area contributed by atoms with Gasteiger partial charge in [0.05, 0.1) is 22.7 Å². The molecule has 3 nitrogen and oxygen atoms in total. The largest absolute Gasteiger partial charge is 0.353 e. The van der Waals surface area contributed by atoms with E-state index in [0.29, 0.717) is 0 Å². The van der Waals surface area contributed by atoms with Crippen LogP contribution in [-0.4, -0.2) is 15.0 Å². The molecule has 5 rings (SSSR count). The van der Waals surface area contributed by atoms with Gasteiger partial charge in [0.25, 0.3) is 0 Å². The van der Waals surface area contributed by atoms with E-state index in [1.54, 1.807) is 0 Å². The van der Waals surface area contributed by atoms with Gasteiger partial charge in [0.1, 0.15) is 0 Å². The minimum Gasteiger partial charge on any atom is -0.353 e. The van der Waals surface area contributed by atoms with Crippen LogP contribution in [0.2, 0.25) is 0 Å². The highest BCUT2D eigenvalue weighted by Gasteiger charge is 2.12. The smallest absolute Gasteiger partial charge is 0.0965 e. The predicted octanol–water partition coefficient (Wildman–Crippen LogP) is 4.77. The molecule has 0 spiro atoms. The van der Waals surface area contributed by atoms with E-state index in [1.807, 2.05) is 18.3 Å². The van der Waals surface area contributed by atoms with Gasteiger partial charge in [0.15, 0.2) is 0 Å². The Morgan fingerprint density at radius 2 is 1.38 bits per heavy atom. The van der Waals surface area contributed by atoms with Crippen LogP contribution >= 0.6 is 12.4 Å². The van der Waals surface area contributed by atoms with Gasteiger partial charge in [-0.25, -0.2) is 0 Å². The number of aromatic nitrogens is 3. The fourth-order valence-corrected chi connectivity index (χ4v) is 3.10. The van der Waals surface area contributed by atoms with Crippen LogP contribution in [-0.2, 0) is 0 Å². The molecular weight excluding hydrogens is 282 g/mol. The molecule has 2 aromatic carbocycles. The summed E-state index contributed by atoms with van der Waals surface area (Å²) < 4.78 is 0. The van der Waals surface area contributed by atoms with Crippen molar-refractivity contribution in [1.29, 1.82) is 0 Å². The molecule has 0 unspecified atom stereocenters. The first-order valence-electron chi connectivity index (χ1n) is 6.68. The predicted molar refractivity (Wildman–Crippen MR) is 90.2 cm³/mol. The molecule has 0 saturated heterocycles. The first-order chi connectivity index (χ1) is 9.92. The molecular formula is C17H12ClN3. The maximum absolute atomic E-state index is 4.63. The summed E-state index contributed by atoms with van der Waals surface area (Å²) in [5, 5.41) is 3.64. The van der Waals surface area contributed by atoms with Crippen molar-refractivity contribution in [1.82, 2.24) is 15.0 Å². The fraction of sp³-hybridized carbons (Fsp3) is 0. The molecule has 0 atom stereocenters. The molecule has 3 aromatic heterocycles. The molecule has 0 bridgehead atoms. The van der Waals surface area contributed by atoms with E-state index in [-0.39, 0.29) is 12.4 Å². The summed E-state index contributed by atoms with van der Waals surface area (Å²) in [7, 11) is 0. The summed E-state index contributed by atoms with van der Waals surface area (Å²) in [5.74, 6) is 0. The Morgan fingerprint density at radius 1 is 0.714 bits per heavy atom. The SMILES string of the molecule is Cl.c1ccc2c(c1)[nH]c1c2ncc2[nH]c3ccccc3c21. The molecule has 3 heterocycles. The summed E-state index contributed by atoms with van der Waals surface area (Å²) in [6, 6.07) is 16.7. The van der Waals surface area contributed by atoms with Gasteiger partial charge in [-0.05, 0) is 12.1 Å². The lowest BCUT2D eigenvalue weighted by Gasteiger charge is -1.94. The van der Waals surface area contributed by atoms with Gasteiger partial charge < -0.3 is 9.97 Å². The van der Waals surface area contributed by atoms with Gasteiger partial charge in [-0.1, -0.05) is 36.4 Å². The number of aromatic amines is 2. The van der Waals surface area contributed by atoms with Crippen LogP contribution in [0.5, 0.6) is 0 Å². The Labute approximate surface area is 126 Å². The minimum absolute atomic E-state index is 0. The zero-order valence-corrected chi connectivity index (χ0v) is 11.9. The van der Waals surface area contributed by atoms with Crippen LogP contribution in [0.3, 0.4) is 0 Å². The second-order valence-electron chi connectivity index (χ2n) is 5.11. The molecule has 0 saturated carbocycles. The van der Waals surface area contributed by atoms with Crippen LogP contribution in [0.15, 0.2) is 54.7 Å². The summed E-state index contributed by atoms with van der Waals surface area (Å²) >= 11 is 0. The first kappa shape index (κ1) is 12.2. The first-order valence-corrected chi connectivity index (χ1v) is 6.68. The highest BCUT2D eigenvalue weighted by molar-refractivity contribution is 6.22. The Kier molecular flexibility index (Phi) is 2.47. The lowest BCUT2D eigenvalue weighted by Crippen LogP contribution is -1.76. The van der Waals surface area contributed by atoms with Gasteiger partial charge in [-0.15, -0.1) is 12.4 Å². The number of H-pyrrole nitrogens is 2. The maximum Gasteiger partial charge on any atom is 0.0965 e. The Hall–Kier alpha value is -2.52. The monoisotopic (exact) mass is 293 g/mol. The summed E-state index contributed by atoms with van der Waals surface area (Å²) in [6.07, 6.45) is 1.93. The number of pyridine rings is 1. The number of hydrogen-bond acceptors (Lipinski definition) is 1. The topological polar surface area (TPSA) is 44.5 Å². The number of benzene rings is 2. The maximum atomic E-state index is 4.63. The summed E-state index contributed by atoms with van der Waals surface area (Å²) in [4.78, 5) is 11.6. The van der Waals surface area contributed by atoms with Crippen molar-refractivity contribution < 1.29 is 0 Å². The molecule has 0 radical (unpaired) electrons. The third-order valence-corrected chi connectivity index (χ3v) is 3.99. The minimum atomic E-state index is 0. The fourth-order valence-electron chi connectivity index (χ4n) is 3.10. The van der Waals surface area contributed by atoms with Crippen LogP contribution in [0, 0.1) is 0 Å². The van der Waals surface area contributed by atoms with Crippen molar-refractivity contribution in [2.75, 3.05) is 0 Å². The number of rotatable bonds is 0. The normalized spacial score (nSPS) is 11.4. The molecule has 4 heteroatoms. The molecule has 0 fully saturated rings. The highest BCUT2D eigenvalue weighted by Crippen LogP contribution is 2.33. The number of nitrogens with one attached hydrogen (secondary N) is 2. The van der Waals surface area contributed by atoms with Crippen molar-refractivity contribution in [2.45, 2.75) is 0 Å². The van der Waals surface area contributed by atoms with E-state index < -0.39 is 0 Å². The standard InChI is InChI=1S/C17H11N3.ClH/c1-3-7-12-10(5-1)15-14(19-12)9-18-16-11-6-2-4-8-13(11)20-17(15)16;/h1-9,19-20H;1H. The molecule has 0 aliphatic carbocycles. The van der Waals surface area contributed by atoms with Gasteiger partial charge >= 0.3 is 0 Å².